The summed E-state index contributed by atoms with van der Waals surface area (Å²) < 4.78 is 5.16. The van der Waals surface area contributed by atoms with Crippen LogP contribution >= 0.6 is 0 Å². The number of aryl methyl sites for hydroxylation is 3. The maximum absolute atomic E-state index is 5.16. The van der Waals surface area contributed by atoms with E-state index >= 15 is 0 Å². The average molecular weight is 234 g/mol. The highest BCUT2D eigenvalue weighted by molar-refractivity contribution is 5.20. The fourth-order valence-corrected chi connectivity index (χ4v) is 1.86. The van der Waals surface area contributed by atoms with Crippen molar-refractivity contribution in [2.45, 2.75) is 33.9 Å². The van der Waals surface area contributed by atoms with Crippen LogP contribution in [0.25, 0.3) is 0 Å². The number of imidazole rings is 1. The molecule has 0 aromatic carbocycles. The van der Waals surface area contributed by atoms with Crippen LogP contribution in [-0.4, -0.2) is 27.1 Å². The maximum Gasteiger partial charge on any atom is 0.138 e. The molecule has 2 aromatic heterocycles. The van der Waals surface area contributed by atoms with E-state index < -0.39 is 0 Å². The zero-order valence-corrected chi connectivity index (χ0v) is 10.7. The minimum atomic E-state index is 0.819. The summed E-state index contributed by atoms with van der Waals surface area (Å²) in [6.45, 7) is 7.60. The normalized spacial score (nSPS) is 11.4. The van der Waals surface area contributed by atoms with Gasteiger partial charge in [-0.1, -0.05) is 5.16 Å². The molecule has 5 nitrogen and oxygen atoms in total. The van der Waals surface area contributed by atoms with Gasteiger partial charge in [-0.05, 0) is 27.8 Å². The topological polar surface area (TPSA) is 58.0 Å². The Morgan fingerprint density at radius 2 is 2.06 bits per heavy atom. The molecule has 0 bridgehead atoms. The Kier molecular flexibility index (Phi) is 3.28. The highest BCUT2D eigenvalue weighted by atomic mass is 16.5. The Morgan fingerprint density at radius 3 is 2.59 bits per heavy atom. The Balaban J connectivity index is 2.03. The lowest BCUT2D eigenvalue weighted by molar-refractivity contribution is 0.311. The first-order valence-corrected chi connectivity index (χ1v) is 5.67. The molecule has 2 rings (SSSR count). The monoisotopic (exact) mass is 234 g/mol. The van der Waals surface area contributed by atoms with E-state index in [1.165, 1.54) is 5.56 Å². The van der Waals surface area contributed by atoms with Gasteiger partial charge in [-0.15, -0.1) is 0 Å². The van der Waals surface area contributed by atoms with E-state index in [-0.39, 0.29) is 0 Å². The van der Waals surface area contributed by atoms with Gasteiger partial charge < -0.3 is 9.51 Å². The van der Waals surface area contributed by atoms with Crippen LogP contribution < -0.4 is 0 Å². The van der Waals surface area contributed by atoms with Crippen molar-refractivity contribution in [1.29, 1.82) is 0 Å². The molecule has 0 atom stereocenters. The molecule has 0 saturated carbocycles. The van der Waals surface area contributed by atoms with Crippen molar-refractivity contribution in [1.82, 2.24) is 20.0 Å². The Bertz CT molecular complexity index is 481. The highest BCUT2D eigenvalue weighted by Crippen LogP contribution is 2.15. The summed E-state index contributed by atoms with van der Waals surface area (Å²) in [6.07, 6.45) is 1.73. The fraction of sp³-hybridized carbons (Fsp3) is 0.500. The molecule has 0 radical (unpaired) electrons. The van der Waals surface area contributed by atoms with Gasteiger partial charge in [-0.25, -0.2) is 4.98 Å². The molecule has 2 heterocycles. The van der Waals surface area contributed by atoms with Crippen LogP contribution in [0.15, 0.2) is 10.9 Å². The van der Waals surface area contributed by atoms with Crippen molar-refractivity contribution in [3.8, 4) is 0 Å². The molecule has 0 aliphatic rings. The summed E-state index contributed by atoms with van der Waals surface area (Å²) >= 11 is 0. The standard InChI is InChI=1S/C12H18N4O/c1-8-11(10(3)17-15-8)5-16(4)6-12-9(2)13-7-14-12/h7H,5-6H2,1-4H3,(H,13,14). The summed E-state index contributed by atoms with van der Waals surface area (Å²) in [4.78, 5) is 9.58. The fourth-order valence-electron chi connectivity index (χ4n) is 1.86. The number of aromatic amines is 1. The first kappa shape index (κ1) is 11.9. The molecule has 0 saturated heterocycles. The number of aromatic nitrogens is 3. The lowest BCUT2D eigenvalue weighted by atomic mass is 10.2. The first-order chi connectivity index (χ1) is 8.08. The predicted octanol–water partition coefficient (Wildman–Crippen LogP) is 1.95. The summed E-state index contributed by atoms with van der Waals surface area (Å²) in [5.74, 6) is 0.896. The molecule has 92 valence electrons. The number of hydrogen-bond acceptors (Lipinski definition) is 4. The quantitative estimate of drug-likeness (QED) is 0.878. The zero-order chi connectivity index (χ0) is 12.4. The summed E-state index contributed by atoms with van der Waals surface area (Å²) in [5.41, 5.74) is 4.34. The Morgan fingerprint density at radius 1 is 1.29 bits per heavy atom. The molecule has 17 heavy (non-hydrogen) atoms. The first-order valence-electron chi connectivity index (χ1n) is 5.67. The van der Waals surface area contributed by atoms with Crippen LogP contribution in [0, 0.1) is 20.8 Å². The lowest BCUT2D eigenvalue weighted by Gasteiger charge is -2.15. The van der Waals surface area contributed by atoms with Gasteiger partial charge in [0.05, 0.1) is 17.7 Å². The highest BCUT2D eigenvalue weighted by Gasteiger charge is 2.12. The van der Waals surface area contributed by atoms with Crippen LogP contribution in [0.5, 0.6) is 0 Å². The third-order valence-electron chi connectivity index (χ3n) is 2.96. The van der Waals surface area contributed by atoms with Crippen LogP contribution in [0.3, 0.4) is 0 Å². The second-order valence-electron chi connectivity index (χ2n) is 4.45. The van der Waals surface area contributed by atoms with E-state index in [0.717, 1.165) is 35.9 Å². The molecule has 0 aliphatic carbocycles. The second kappa shape index (κ2) is 4.71. The van der Waals surface area contributed by atoms with Crippen molar-refractivity contribution >= 4 is 0 Å². The molecule has 0 aliphatic heterocycles. The van der Waals surface area contributed by atoms with Gasteiger partial charge in [0.2, 0.25) is 0 Å². The summed E-state index contributed by atoms with van der Waals surface area (Å²) in [7, 11) is 2.07. The van der Waals surface area contributed by atoms with Gasteiger partial charge >= 0.3 is 0 Å². The van der Waals surface area contributed by atoms with Gasteiger partial charge in [0.1, 0.15) is 5.76 Å². The van der Waals surface area contributed by atoms with Crippen LogP contribution in [0.1, 0.15) is 28.4 Å². The molecule has 0 unspecified atom stereocenters. The largest absolute Gasteiger partial charge is 0.361 e. The van der Waals surface area contributed by atoms with E-state index in [9.17, 15) is 0 Å². The summed E-state index contributed by atoms with van der Waals surface area (Å²) in [6, 6.07) is 0. The number of nitrogens with zero attached hydrogens (tertiary/aromatic N) is 3. The molecule has 0 amide bonds. The molecular formula is C12H18N4O. The Hall–Kier alpha value is -1.62. The predicted molar refractivity (Wildman–Crippen MR) is 64.5 cm³/mol. The maximum atomic E-state index is 5.16. The molecule has 1 N–H and O–H groups in total. The van der Waals surface area contributed by atoms with Crippen molar-refractivity contribution in [2.24, 2.45) is 0 Å². The molecule has 5 heteroatoms. The van der Waals surface area contributed by atoms with Gasteiger partial charge in [-0.2, -0.15) is 0 Å². The third-order valence-corrected chi connectivity index (χ3v) is 2.96. The smallest absolute Gasteiger partial charge is 0.138 e. The minimum Gasteiger partial charge on any atom is -0.361 e. The van der Waals surface area contributed by atoms with Gasteiger partial charge in [0.15, 0.2) is 0 Å². The van der Waals surface area contributed by atoms with E-state index in [4.69, 9.17) is 4.52 Å². The number of nitrogens with one attached hydrogen (secondary N) is 1. The molecule has 0 fully saturated rings. The van der Waals surface area contributed by atoms with Gasteiger partial charge in [-0.3, -0.25) is 4.90 Å². The van der Waals surface area contributed by atoms with Crippen LogP contribution in [-0.2, 0) is 13.1 Å². The number of rotatable bonds is 4. The minimum absolute atomic E-state index is 0.819. The number of hydrogen-bond donors (Lipinski definition) is 1. The Labute approximate surface area is 101 Å². The third kappa shape index (κ3) is 2.55. The van der Waals surface area contributed by atoms with Gasteiger partial charge in [0.25, 0.3) is 0 Å². The molecule has 0 spiro atoms. The zero-order valence-electron chi connectivity index (χ0n) is 10.7. The SMILES string of the molecule is Cc1noc(C)c1CN(C)Cc1nc[nH]c1C. The van der Waals surface area contributed by atoms with E-state index in [2.05, 4.69) is 27.1 Å². The molecular weight excluding hydrogens is 216 g/mol. The van der Waals surface area contributed by atoms with E-state index in [1.807, 2.05) is 20.8 Å². The lowest BCUT2D eigenvalue weighted by Crippen LogP contribution is -2.18. The van der Waals surface area contributed by atoms with E-state index in [0.29, 0.717) is 0 Å². The summed E-state index contributed by atoms with van der Waals surface area (Å²) in [5, 5.41) is 3.96. The van der Waals surface area contributed by atoms with Crippen LogP contribution in [0.2, 0.25) is 0 Å². The van der Waals surface area contributed by atoms with Crippen molar-refractivity contribution in [2.75, 3.05) is 7.05 Å². The van der Waals surface area contributed by atoms with E-state index in [1.54, 1.807) is 6.33 Å². The van der Waals surface area contributed by atoms with Crippen molar-refractivity contribution < 1.29 is 4.52 Å². The van der Waals surface area contributed by atoms with Crippen molar-refractivity contribution in [3.63, 3.8) is 0 Å². The van der Waals surface area contributed by atoms with Crippen molar-refractivity contribution in [3.05, 3.63) is 34.7 Å². The van der Waals surface area contributed by atoms with Crippen LogP contribution in [0.4, 0.5) is 0 Å². The van der Waals surface area contributed by atoms with Gasteiger partial charge in [0, 0.05) is 24.3 Å². The average Bonchev–Trinajstić information content (AvgIpc) is 2.80. The molecule has 2 aromatic rings. The second-order valence-corrected chi connectivity index (χ2v) is 4.45. The number of H-pyrrole nitrogens is 1.